The molecule has 9 heteroatoms. The van der Waals surface area contributed by atoms with Gasteiger partial charge in [0.15, 0.2) is 0 Å². The summed E-state index contributed by atoms with van der Waals surface area (Å²) >= 11 is 0. The molecule has 6 nitrogen and oxygen atoms in total. The molecule has 0 radical (unpaired) electrons. The smallest absolute Gasteiger partial charge is 0.390 e. The Morgan fingerprint density at radius 2 is 1.96 bits per heavy atom. The predicted molar refractivity (Wildman–Crippen MR) is 99.0 cm³/mol. The van der Waals surface area contributed by atoms with Gasteiger partial charge in [-0.15, -0.1) is 0 Å². The van der Waals surface area contributed by atoms with Crippen LogP contribution in [0.5, 0.6) is 0 Å². The lowest BCUT2D eigenvalue weighted by Crippen LogP contribution is -2.60. The lowest BCUT2D eigenvalue weighted by atomic mass is 10.1. The van der Waals surface area contributed by atoms with E-state index in [1.165, 1.54) is 0 Å². The summed E-state index contributed by atoms with van der Waals surface area (Å²) in [6.07, 6.45) is -4.51. The molecule has 0 bridgehead atoms. The zero-order chi connectivity index (χ0) is 20.7. The highest BCUT2D eigenvalue weighted by Crippen LogP contribution is 2.23. The number of anilines is 1. The van der Waals surface area contributed by atoms with Gasteiger partial charge in [0.1, 0.15) is 6.17 Å². The molecule has 1 heterocycles. The molecule has 154 valence electrons. The molecule has 1 N–H and O–H groups in total. The van der Waals surface area contributed by atoms with E-state index in [1.54, 1.807) is 36.1 Å². The lowest BCUT2D eigenvalue weighted by molar-refractivity contribution is -0.138. The van der Waals surface area contributed by atoms with Gasteiger partial charge in [-0.1, -0.05) is 6.58 Å². The Balaban J connectivity index is 2.11. The number of piperazine rings is 1. The van der Waals surface area contributed by atoms with Crippen molar-refractivity contribution in [3.8, 4) is 0 Å². The number of hydrogen-bond acceptors (Lipinski definition) is 5. The van der Waals surface area contributed by atoms with E-state index in [2.05, 4.69) is 11.9 Å². The first-order chi connectivity index (χ1) is 13.2. The maximum Gasteiger partial charge on any atom is 0.390 e. The molecule has 0 aromatic heterocycles. The summed E-state index contributed by atoms with van der Waals surface area (Å²) < 4.78 is 42.5. The zero-order valence-corrected chi connectivity index (χ0v) is 15.7. The molecule has 28 heavy (non-hydrogen) atoms. The summed E-state index contributed by atoms with van der Waals surface area (Å²) in [4.78, 5) is 27.1. The van der Waals surface area contributed by atoms with E-state index in [4.69, 9.17) is 4.74 Å². The molecule has 1 saturated heterocycles. The highest BCUT2D eigenvalue weighted by Gasteiger charge is 2.32. The van der Waals surface area contributed by atoms with Crippen LogP contribution in [0.25, 0.3) is 0 Å². The van der Waals surface area contributed by atoms with Crippen LogP contribution >= 0.6 is 0 Å². The molecular weight excluding hydrogens is 375 g/mol. The molecule has 1 atom stereocenters. The van der Waals surface area contributed by atoms with Gasteiger partial charge in [0.25, 0.3) is 0 Å². The van der Waals surface area contributed by atoms with Crippen LogP contribution in [0.1, 0.15) is 23.7 Å². The van der Waals surface area contributed by atoms with Crippen molar-refractivity contribution in [2.75, 3.05) is 37.7 Å². The van der Waals surface area contributed by atoms with Gasteiger partial charge < -0.3 is 15.0 Å². The molecule has 0 aliphatic carbocycles. The number of halogens is 3. The van der Waals surface area contributed by atoms with Crippen LogP contribution in [-0.4, -0.2) is 61.9 Å². The Labute approximate surface area is 161 Å². The molecular formula is C19H24F3N3O3. The third-order valence-corrected chi connectivity index (χ3v) is 4.38. The Hall–Kier alpha value is -2.55. The highest BCUT2D eigenvalue weighted by atomic mass is 19.4. The second kappa shape index (κ2) is 9.59. The molecule has 1 unspecified atom stereocenters. The third-order valence-electron chi connectivity index (χ3n) is 4.38. The van der Waals surface area contributed by atoms with E-state index < -0.39 is 30.6 Å². The summed E-state index contributed by atoms with van der Waals surface area (Å²) in [5, 5.41) is 2.76. The van der Waals surface area contributed by atoms with Gasteiger partial charge in [0, 0.05) is 31.9 Å². The zero-order valence-electron chi connectivity index (χ0n) is 15.7. The minimum Gasteiger partial charge on any atom is -0.462 e. The van der Waals surface area contributed by atoms with Gasteiger partial charge in [-0.3, -0.25) is 9.69 Å². The average molecular weight is 399 g/mol. The minimum atomic E-state index is -4.22. The number of alkyl halides is 3. The monoisotopic (exact) mass is 399 g/mol. The molecule has 0 saturated carbocycles. The normalized spacial score (nSPS) is 17.9. The second-order valence-electron chi connectivity index (χ2n) is 6.36. The molecule has 1 aliphatic heterocycles. The van der Waals surface area contributed by atoms with E-state index in [0.29, 0.717) is 18.7 Å². The van der Waals surface area contributed by atoms with Crippen molar-refractivity contribution in [2.24, 2.45) is 0 Å². The summed E-state index contributed by atoms with van der Waals surface area (Å²) in [6.45, 7) is 6.39. The summed E-state index contributed by atoms with van der Waals surface area (Å²) in [5.41, 5.74) is 1.15. The fourth-order valence-corrected chi connectivity index (χ4v) is 2.99. The van der Waals surface area contributed by atoms with E-state index in [9.17, 15) is 22.8 Å². The Kier molecular flexibility index (Phi) is 7.45. The molecule has 1 amide bonds. The summed E-state index contributed by atoms with van der Waals surface area (Å²) in [7, 11) is 0. The van der Waals surface area contributed by atoms with Crippen LogP contribution in [0, 0.1) is 0 Å². The Bertz CT molecular complexity index is 692. The molecule has 1 aromatic rings. The van der Waals surface area contributed by atoms with Crippen molar-refractivity contribution < 1.29 is 27.5 Å². The van der Waals surface area contributed by atoms with Gasteiger partial charge in [-0.25, -0.2) is 4.79 Å². The average Bonchev–Trinajstić information content (AvgIpc) is 2.66. The van der Waals surface area contributed by atoms with Crippen molar-refractivity contribution in [1.29, 1.82) is 0 Å². The van der Waals surface area contributed by atoms with Gasteiger partial charge in [-0.05, 0) is 37.3 Å². The largest absolute Gasteiger partial charge is 0.462 e. The van der Waals surface area contributed by atoms with Gasteiger partial charge in [0.2, 0.25) is 5.91 Å². The first-order valence-corrected chi connectivity index (χ1v) is 8.99. The van der Waals surface area contributed by atoms with Crippen LogP contribution in [0.4, 0.5) is 18.9 Å². The molecule has 1 fully saturated rings. The first-order valence-electron chi connectivity index (χ1n) is 8.99. The van der Waals surface area contributed by atoms with E-state index in [0.717, 1.165) is 11.8 Å². The first kappa shape index (κ1) is 21.7. The SMILES string of the molecule is C=CC(=O)NC1CN(CCC(F)(F)F)CCN1c1ccc(C(=O)OCC)cc1. The van der Waals surface area contributed by atoms with Gasteiger partial charge in [0.05, 0.1) is 18.6 Å². The van der Waals surface area contributed by atoms with E-state index in [1.807, 2.05) is 4.90 Å². The fraction of sp³-hybridized carbons (Fsp3) is 0.474. The Morgan fingerprint density at radius 3 is 2.54 bits per heavy atom. The molecule has 2 rings (SSSR count). The summed E-state index contributed by atoms with van der Waals surface area (Å²) in [6, 6.07) is 6.70. The van der Waals surface area contributed by atoms with Crippen molar-refractivity contribution in [3.63, 3.8) is 0 Å². The standard InChI is InChI=1S/C19H24F3N3O3/c1-3-17(26)23-16-13-24(10-9-19(20,21)22)11-12-25(16)15-7-5-14(6-8-15)18(27)28-4-2/h3,5-8,16H,1,4,9-13H2,2H3,(H,23,26). The lowest BCUT2D eigenvalue weighted by Gasteiger charge is -2.43. The predicted octanol–water partition coefficient (Wildman–Crippen LogP) is 2.57. The number of esters is 1. The van der Waals surface area contributed by atoms with Gasteiger partial charge >= 0.3 is 12.1 Å². The number of amides is 1. The van der Waals surface area contributed by atoms with Crippen LogP contribution in [-0.2, 0) is 9.53 Å². The number of nitrogens with zero attached hydrogens (tertiary/aromatic N) is 2. The molecule has 0 spiro atoms. The quantitative estimate of drug-likeness (QED) is 0.564. The van der Waals surface area contributed by atoms with E-state index in [-0.39, 0.29) is 19.7 Å². The molecule has 1 aliphatic rings. The maximum atomic E-state index is 12.5. The maximum absolute atomic E-state index is 12.5. The second-order valence-corrected chi connectivity index (χ2v) is 6.36. The minimum absolute atomic E-state index is 0.125. The van der Waals surface area contributed by atoms with E-state index >= 15 is 0 Å². The van der Waals surface area contributed by atoms with Crippen molar-refractivity contribution in [3.05, 3.63) is 42.5 Å². The topological polar surface area (TPSA) is 61.9 Å². The number of carbonyl (C=O) groups excluding carboxylic acids is 2. The van der Waals surface area contributed by atoms with Crippen LogP contribution in [0.3, 0.4) is 0 Å². The third kappa shape index (κ3) is 6.26. The van der Waals surface area contributed by atoms with Crippen molar-refractivity contribution in [2.45, 2.75) is 25.7 Å². The number of ether oxygens (including phenoxy) is 1. The van der Waals surface area contributed by atoms with Crippen molar-refractivity contribution in [1.82, 2.24) is 10.2 Å². The van der Waals surface area contributed by atoms with Crippen LogP contribution in [0.2, 0.25) is 0 Å². The number of hydrogen-bond donors (Lipinski definition) is 1. The fourth-order valence-electron chi connectivity index (χ4n) is 2.99. The van der Waals surface area contributed by atoms with Crippen LogP contribution in [0.15, 0.2) is 36.9 Å². The number of nitrogens with one attached hydrogen (secondary N) is 1. The number of benzene rings is 1. The van der Waals surface area contributed by atoms with Gasteiger partial charge in [-0.2, -0.15) is 13.2 Å². The Morgan fingerprint density at radius 1 is 1.29 bits per heavy atom. The number of rotatable bonds is 7. The summed E-state index contributed by atoms with van der Waals surface area (Å²) in [5.74, 6) is -0.835. The number of carbonyl (C=O) groups is 2. The molecule has 1 aromatic carbocycles. The van der Waals surface area contributed by atoms with Crippen molar-refractivity contribution >= 4 is 17.6 Å². The highest BCUT2D eigenvalue weighted by molar-refractivity contribution is 5.90. The van der Waals surface area contributed by atoms with Crippen LogP contribution < -0.4 is 10.2 Å².